The number of rotatable bonds is 7. The predicted octanol–water partition coefficient (Wildman–Crippen LogP) is 2.47. The van der Waals surface area contributed by atoms with Crippen LogP contribution in [0.25, 0.3) is 0 Å². The first-order chi connectivity index (χ1) is 16.1. The van der Waals surface area contributed by atoms with Gasteiger partial charge in [0, 0.05) is 17.3 Å². The highest BCUT2D eigenvalue weighted by molar-refractivity contribution is 7.86. The number of Topliss-reactive ketones (excluding diaryl/α,β-unsaturated/α-hetero) is 2. The lowest BCUT2D eigenvalue weighted by Gasteiger charge is -2.61. The number of alkyl halides is 1. The fourth-order valence-corrected chi connectivity index (χ4v) is 7.95. The summed E-state index contributed by atoms with van der Waals surface area (Å²) in [4.78, 5) is 37.1. The Morgan fingerprint density at radius 2 is 1.83 bits per heavy atom. The molecule has 196 valence electrons. The standard InChI is InChI=1S/C25H35FO8S/c1-15(27)13-33-21-12-19-18-6-5-16-11-17(28)7-8-22(16,2)24(18,26)10-9-23(19,3)25(21,30)20(29)14-34-35(4,31)32/h11,18-19,21,30H,5-10,12-14H2,1-4H3/t18-,19-,21+,22-,23-,24?,25+/m0/s1. The van der Waals surface area contributed by atoms with Crippen molar-refractivity contribution in [2.24, 2.45) is 22.7 Å². The van der Waals surface area contributed by atoms with Crippen molar-refractivity contribution in [3.63, 3.8) is 0 Å². The van der Waals surface area contributed by atoms with Crippen LogP contribution in [0.5, 0.6) is 0 Å². The highest BCUT2D eigenvalue weighted by atomic mass is 32.2. The van der Waals surface area contributed by atoms with Gasteiger partial charge in [-0.05, 0) is 63.4 Å². The molecule has 3 saturated carbocycles. The molecule has 0 aromatic carbocycles. The van der Waals surface area contributed by atoms with Crippen LogP contribution in [0.4, 0.5) is 4.39 Å². The molecule has 3 fully saturated rings. The smallest absolute Gasteiger partial charge is 0.264 e. The van der Waals surface area contributed by atoms with E-state index in [9.17, 15) is 27.9 Å². The summed E-state index contributed by atoms with van der Waals surface area (Å²) in [7, 11) is -3.94. The van der Waals surface area contributed by atoms with Crippen LogP contribution in [-0.4, -0.2) is 67.7 Å². The van der Waals surface area contributed by atoms with E-state index in [1.54, 1.807) is 13.0 Å². The number of halogens is 1. The third-order valence-corrected chi connectivity index (χ3v) is 10.1. The molecule has 0 amide bonds. The van der Waals surface area contributed by atoms with Gasteiger partial charge < -0.3 is 9.84 Å². The Hall–Kier alpha value is -1.49. The molecule has 0 aromatic rings. The van der Waals surface area contributed by atoms with E-state index in [1.165, 1.54) is 6.92 Å². The second-order valence-electron chi connectivity index (χ2n) is 11.4. The number of hydrogen-bond donors (Lipinski definition) is 1. The number of fused-ring (bicyclic) bond motifs is 5. The van der Waals surface area contributed by atoms with Gasteiger partial charge in [0.25, 0.3) is 10.1 Å². The van der Waals surface area contributed by atoms with Gasteiger partial charge >= 0.3 is 0 Å². The Kier molecular flexibility index (Phi) is 6.48. The maximum atomic E-state index is 17.2. The first-order valence-electron chi connectivity index (χ1n) is 12.2. The first kappa shape index (κ1) is 26.6. The van der Waals surface area contributed by atoms with Crippen LogP contribution in [0.1, 0.15) is 65.7 Å². The van der Waals surface area contributed by atoms with Crippen molar-refractivity contribution < 1.29 is 41.2 Å². The van der Waals surface area contributed by atoms with Gasteiger partial charge in [-0.25, -0.2) is 4.39 Å². The minimum absolute atomic E-state index is 0.0181. The van der Waals surface area contributed by atoms with E-state index in [0.717, 1.165) is 11.8 Å². The van der Waals surface area contributed by atoms with E-state index in [4.69, 9.17) is 8.92 Å². The van der Waals surface area contributed by atoms with Crippen LogP contribution in [0.15, 0.2) is 11.6 Å². The Morgan fingerprint density at radius 3 is 2.46 bits per heavy atom. The van der Waals surface area contributed by atoms with E-state index >= 15 is 4.39 Å². The minimum Gasteiger partial charge on any atom is -0.379 e. The molecular weight excluding hydrogens is 479 g/mol. The topological polar surface area (TPSA) is 124 Å². The largest absolute Gasteiger partial charge is 0.379 e. The Labute approximate surface area is 205 Å². The van der Waals surface area contributed by atoms with Gasteiger partial charge in [0.15, 0.2) is 23.0 Å². The summed E-state index contributed by atoms with van der Waals surface area (Å²) in [5, 5.41) is 12.0. The van der Waals surface area contributed by atoms with Crippen molar-refractivity contribution in [1.29, 1.82) is 0 Å². The summed E-state index contributed by atoms with van der Waals surface area (Å²) < 4.78 is 50.7. The summed E-state index contributed by atoms with van der Waals surface area (Å²) in [6.45, 7) is 3.76. The van der Waals surface area contributed by atoms with Gasteiger partial charge in [-0.2, -0.15) is 8.42 Å². The molecule has 0 spiro atoms. The molecule has 10 heteroatoms. The molecule has 0 bridgehead atoms. The number of allylic oxidation sites excluding steroid dienone is 1. The monoisotopic (exact) mass is 514 g/mol. The zero-order valence-corrected chi connectivity index (χ0v) is 21.6. The summed E-state index contributed by atoms with van der Waals surface area (Å²) in [6.07, 6.45) is 3.48. The molecule has 1 N–H and O–H groups in total. The van der Waals surface area contributed by atoms with Crippen molar-refractivity contribution in [1.82, 2.24) is 0 Å². The number of carbonyl (C=O) groups excluding carboxylic acids is 3. The van der Waals surface area contributed by atoms with E-state index in [0.29, 0.717) is 19.3 Å². The first-order valence-corrected chi connectivity index (χ1v) is 14.0. The van der Waals surface area contributed by atoms with Crippen LogP contribution < -0.4 is 0 Å². The Morgan fingerprint density at radius 1 is 1.14 bits per heavy atom. The fourth-order valence-electron chi connectivity index (χ4n) is 7.63. The maximum absolute atomic E-state index is 17.2. The van der Waals surface area contributed by atoms with E-state index in [-0.39, 0.29) is 43.9 Å². The van der Waals surface area contributed by atoms with Crippen molar-refractivity contribution in [2.75, 3.05) is 19.5 Å². The summed E-state index contributed by atoms with van der Waals surface area (Å²) >= 11 is 0. The van der Waals surface area contributed by atoms with Gasteiger partial charge in [0.05, 0.1) is 12.4 Å². The van der Waals surface area contributed by atoms with Gasteiger partial charge in [-0.3, -0.25) is 18.6 Å². The lowest BCUT2D eigenvalue weighted by atomic mass is 9.44. The third-order valence-electron chi connectivity index (χ3n) is 9.58. The molecule has 1 unspecified atom stereocenters. The molecule has 4 aliphatic rings. The average Bonchev–Trinajstić information content (AvgIpc) is 2.99. The second kappa shape index (κ2) is 8.53. The van der Waals surface area contributed by atoms with E-state index < -0.39 is 62.5 Å². The molecule has 0 heterocycles. The molecule has 0 aliphatic heterocycles. The van der Waals surface area contributed by atoms with Gasteiger partial charge in [-0.1, -0.05) is 19.4 Å². The summed E-state index contributed by atoms with van der Waals surface area (Å²) in [6, 6.07) is 0. The van der Waals surface area contributed by atoms with Crippen molar-refractivity contribution in [3.05, 3.63) is 11.6 Å². The second-order valence-corrected chi connectivity index (χ2v) is 13.0. The van der Waals surface area contributed by atoms with Crippen LogP contribution in [0.2, 0.25) is 0 Å². The molecule has 4 rings (SSSR count). The third kappa shape index (κ3) is 3.95. The van der Waals surface area contributed by atoms with Crippen molar-refractivity contribution >= 4 is 27.5 Å². The zero-order chi connectivity index (χ0) is 26.0. The quantitative estimate of drug-likeness (QED) is 0.514. The normalized spacial score (nSPS) is 43.1. The van der Waals surface area contributed by atoms with Crippen LogP contribution in [-0.2, 0) is 33.4 Å². The van der Waals surface area contributed by atoms with Gasteiger partial charge in [0.2, 0.25) is 0 Å². The Balaban J connectivity index is 1.73. The van der Waals surface area contributed by atoms with Crippen molar-refractivity contribution in [2.45, 2.75) is 83.1 Å². The minimum atomic E-state index is -3.94. The lowest BCUT2D eigenvalue weighted by Crippen LogP contribution is -2.65. The van der Waals surface area contributed by atoms with Crippen LogP contribution >= 0.6 is 0 Å². The highest BCUT2D eigenvalue weighted by Crippen LogP contribution is 2.70. The van der Waals surface area contributed by atoms with Crippen molar-refractivity contribution in [3.8, 4) is 0 Å². The lowest BCUT2D eigenvalue weighted by molar-refractivity contribution is -0.197. The molecule has 8 nitrogen and oxygen atoms in total. The molecule has 0 saturated heterocycles. The molecule has 0 aromatic heterocycles. The predicted molar refractivity (Wildman–Crippen MR) is 124 cm³/mol. The summed E-state index contributed by atoms with van der Waals surface area (Å²) in [5.41, 5.74) is -4.82. The maximum Gasteiger partial charge on any atom is 0.264 e. The molecule has 4 aliphatic carbocycles. The number of ether oxygens (including phenoxy) is 1. The van der Waals surface area contributed by atoms with Gasteiger partial charge in [0.1, 0.15) is 18.9 Å². The molecule has 7 atom stereocenters. The highest BCUT2D eigenvalue weighted by Gasteiger charge is 2.74. The van der Waals surface area contributed by atoms with Crippen LogP contribution in [0.3, 0.4) is 0 Å². The number of ketones is 3. The number of aliphatic hydroxyl groups is 1. The summed E-state index contributed by atoms with van der Waals surface area (Å²) in [5.74, 6) is -2.05. The average molecular weight is 515 g/mol. The van der Waals surface area contributed by atoms with Crippen LogP contribution in [0, 0.1) is 22.7 Å². The Bertz CT molecular complexity index is 1090. The fraction of sp³-hybridized carbons (Fsp3) is 0.800. The van der Waals surface area contributed by atoms with E-state index in [1.807, 2.05) is 6.92 Å². The molecular formula is C25H35FO8S. The van der Waals surface area contributed by atoms with E-state index in [2.05, 4.69) is 0 Å². The number of hydrogen-bond acceptors (Lipinski definition) is 8. The molecule has 35 heavy (non-hydrogen) atoms. The molecule has 0 radical (unpaired) electrons. The SMILES string of the molecule is CC(=O)CO[C@@H]1C[C@H]2[C@@H]3CCC4=CC(=O)CC[C@]4(C)C3(F)CC[C@]2(C)[C@@]1(O)C(=O)COS(C)(=O)=O. The zero-order valence-electron chi connectivity index (χ0n) is 20.8. The number of carbonyl (C=O) groups is 3. The van der Waals surface area contributed by atoms with Gasteiger partial charge in [-0.15, -0.1) is 0 Å².